The number of allylic oxidation sites excluding steroid dienone is 2. The van der Waals surface area contributed by atoms with Crippen LogP contribution in [0.4, 0.5) is 5.69 Å². The fraction of sp³-hybridized carbons (Fsp3) is 0.520. The molecule has 1 atom stereocenters. The summed E-state index contributed by atoms with van der Waals surface area (Å²) in [7, 11) is 0. The third-order valence-electron chi connectivity index (χ3n) is 6.70. The zero-order valence-corrected chi connectivity index (χ0v) is 21.3. The lowest BCUT2D eigenvalue weighted by atomic mass is 9.77. The van der Waals surface area contributed by atoms with Gasteiger partial charge in [0.1, 0.15) is 5.76 Å². The standard InChI is InChI=1S/C25H31BrN4O4/c1-25(2)14-21(31)19(22(32)15-25)16-27-6-7-28-8-10-29(11-9-28)20-13-23(33)30(24(20)34)18-5-3-4-17(26)12-18/h3-5,12,16,20,31H,6-11,13-15H2,1-2H3/t20-/m0/s1. The molecular formula is C25H31BrN4O4. The van der Waals surface area contributed by atoms with Crippen LogP contribution in [0, 0.1) is 5.41 Å². The van der Waals surface area contributed by atoms with Crippen LogP contribution < -0.4 is 4.90 Å². The zero-order valence-electron chi connectivity index (χ0n) is 19.7. The summed E-state index contributed by atoms with van der Waals surface area (Å²) < 4.78 is 0.827. The highest BCUT2D eigenvalue weighted by molar-refractivity contribution is 9.10. The maximum Gasteiger partial charge on any atom is 0.251 e. The van der Waals surface area contributed by atoms with Gasteiger partial charge in [-0.2, -0.15) is 0 Å². The van der Waals surface area contributed by atoms with E-state index in [4.69, 9.17) is 0 Å². The maximum absolute atomic E-state index is 13.0. The molecule has 0 spiro atoms. The highest BCUT2D eigenvalue weighted by Crippen LogP contribution is 2.35. The van der Waals surface area contributed by atoms with Gasteiger partial charge in [-0.15, -0.1) is 0 Å². The lowest BCUT2D eigenvalue weighted by Gasteiger charge is -2.36. The third kappa shape index (κ3) is 5.47. The van der Waals surface area contributed by atoms with Crippen molar-refractivity contribution in [3.8, 4) is 0 Å². The summed E-state index contributed by atoms with van der Waals surface area (Å²) >= 11 is 3.40. The summed E-state index contributed by atoms with van der Waals surface area (Å²) in [6, 6.07) is 6.83. The van der Waals surface area contributed by atoms with E-state index in [0.717, 1.165) is 24.1 Å². The Balaban J connectivity index is 1.26. The third-order valence-corrected chi connectivity index (χ3v) is 7.19. The normalized spacial score (nSPS) is 24.6. The van der Waals surface area contributed by atoms with Crippen molar-refractivity contribution in [3.63, 3.8) is 0 Å². The Hall–Kier alpha value is -2.36. The van der Waals surface area contributed by atoms with Gasteiger partial charge in [0.15, 0.2) is 5.78 Å². The Kier molecular flexibility index (Phi) is 7.35. The van der Waals surface area contributed by atoms with Crippen molar-refractivity contribution in [3.05, 3.63) is 40.1 Å². The van der Waals surface area contributed by atoms with Crippen LogP contribution in [0.15, 0.2) is 45.1 Å². The molecule has 3 aliphatic rings. The average molecular weight is 531 g/mol. The van der Waals surface area contributed by atoms with E-state index in [1.807, 2.05) is 26.0 Å². The van der Waals surface area contributed by atoms with Crippen molar-refractivity contribution in [2.45, 2.75) is 39.2 Å². The number of piperazine rings is 1. The first kappa shape index (κ1) is 24.8. The number of aliphatic hydroxyl groups is 1. The molecule has 2 heterocycles. The van der Waals surface area contributed by atoms with Crippen LogP contribution in [0.2, 0.25) is 0 Å². The summed E-state index contributed by atoms with van der Waals surface area (Å²) in [6.07, 6.45) is 2.63. The quantitative estimate of drug-likeness (QED) is 0.448. The molecule has 8 nitrogen and oxygen atoms in total. The van der Waals surface area contributed by atoms with Crippen molar-refractivity contribution in [2.75, 3.05) is 44.2 Å². The summed E-state index contributed by atoms with van der Waals surface area (Å²) in [5, 5.41) is 10.2. The number of rotatable bonds is 6. The molecule has 9 heteroatoms. The van der Waals surface area contributed by atoms with Crippen LogP contribution in [-0.4, -0.2) is 84.0 Å². The molecule has 1 N–H and O–H groups in total. The molecule has 4 rings (SSSR count). The van der Waals surface area contributed by atoms with Crippen molar-refractivity contribution in [1.82, 2.24) is 9.80 Å². The van der Waals surface area contributed by atoms with Gasteiger partial charge in [0.2, 0.25) is 5.91 Å². The first-order valence-corrected chi connectivity index (χ1v) is 12.5. The van der Waals surface area contributed by atoms with Gasteiger partial charge >= 0.3 is 0 Å². The average Bonchev–Trinajstić information content (AvgIpc) is 3.06. The second-order valence-corrected chi connectivity index (χ2v) is 10.9. The molecule has 2 fully saturated rings. The number of aliphatic hydroxyl groups excluding tert-OH is 1. The highest BCUT2D eigenvalue weighted by Gasteiger charge is 2.43. The van der Waals surface area contributed by atoms with Crippen LogP contribution in [0.1, 0.15) is 33.1 Å². The minimum atomic E-state index is -0.414. The molecule has 1 aromatic rings. The van der Waals surface area contributed by atoms with E-state index in [9.17, 15) is 19.5 Å². The van der Waals surface area contributed by atoms with E-state index in [1.54, 1.807) is 12.1 Å². The van der Waals surface area contributed by atoms with Crippen LogP contribution in [0.3, 0.4) is 0 Å². The van der Waals surface area contributed by atoms with Gasteiger partial charge in [-0.3, -0.25) is 29.2 Å². The molecule has 1 aromatic carbocycles. The smallest absolute Gasteiger partial charge is 0.251 e. The van der Waals surface area contributed by atoms with Crippen molar-refractivity contribution >= 4 is 45.4 Å². The second-order valence-electron chi connectivity index (χ2n) is 9.98. The number of halogens is 1. The minimum absolute atomic E-state index is 0.0567. The van der Waals surface area contributed by atoms with E-state index in [1.165, 1.54) is 11.1 Å². The number of imide groups is 1. The number of hydrogen-bond donors (Lipinski definition) is 1. The molecule has 34 heavy (non-hydrogen) atoms. The predicted molar refractivity (Wildman–Crippen MR) is 134 cm³/mol. The summed E-state index contributed by atoms with van der Waals surface area (Å²) in [5.74, 6) is -0.247. The Morgan fingerprint density at radius 3 is 2.56 bits per heavy atom. The predicted octanol–water partition coefficient (Wildman–Crippen LogP) is 2.97. The minimum Gasteiger partial charge on any atom is -0.511 e. The number of anilines is 1. The van der Waals surface area contributed by atoms with Crippen LogP contribution >= 0.6 is 15.9 Å². The second kappa shape index (κ2) is 10.1. The van der Waals surface area contributed by atoms with Crippen molar-refractivity contribution in [2.24, 2.45) is 10.4 Å². The molecule has 182 valence electrons. The van der Waals surface area contributed by atoms with Gasteiger partial charge in [0.25, 0.3) is 5.91 Å². The number of Topliss-reactive ketones (excluding diaryl/α,β-unsaturated/α-hetero) is 1. The summed E-state index contributed by atoms with van der Waals surface area (Å²) in [6.45, 7) is 8.20. The summed E-state index contributed by atoms with van der Waals surface area (Å²) in [4.78, 5) is 47.9. The number of nitrogens with zero attached hydrogens (tertiary/aromatic N) is 4. The molecular weight excluding hydrogens is 500 g/mol. The fourth-order valence-corrected chi connectivity index (χ4v) is 5.28. The van der Waals surface area contributed by atoms with Gasteiger partial charge in [-0.1, -0.05) is 35.8 Å². The fourth-order valence-electron chi connectivity index (χ4n) is 4.89. The summed E-state index contributed by atoms with van der Waals surface area (Å²) in [5.41, 5.74) is 0.728. The first-order valence-electron chi connectivity index (χ1n) is 11.7. The highest BCUT2D eigenvalue weighted by atomic mass is 79.9. The van der Waals surface area contributed by atoms with E-state index in [0.29, 0.717) is 43.7 Å². The molecule has 0 saturated carbocycles. The molecule has 0 unspecified atom stereocenters. The number of amides is 2. The Morgan fingerprint density at radius 1 is 1.15 bits per heavy atom. The monoisotopic (exact) mass is 530 g/mol. The number of benzene rings is 1. The van der Waals surface area contributed by atoms with Crippen LogP contribution in [0.25, 0.3) is 0 Å². The molecule has 2 amide bonds. The number of carbonyl (C=O) groups excluding carboxylic acids is 3. The van der Waals surface area contributed by atoms with Crippen molar-refractivity contribution in [1.29, 1.82) is 0 Å². The SMILES string of the molecule is CC1(C)CC(=O)C(C=NCCN2CCN([C@H]3CC(=O)N(c4cccc(Br)c4)C3=O)CC2)=C(O)C1. The van der Waals surface area contributed by atoms with E-state index < -0.39 is 6.04 Å². The lowest BCUT2D eigenvalue weighted by Crippen LogP contribution is -2.52. The number of hydrogen-bond acceptors (Lipinski definition) is 7. The van der Waals surface area contributed by atoms with Crippen molar-refractivity contribution < 1.29 is 19.5 Å². The molecule has 0 radical (unpaired) electrons. The topological polar surface area (TPSA) is 93.5 Å². The molecule has 1 aliphatic carbocycles. The largest absolute Gasteiger partial charge is 0.511 e. The van der Waals surface area contributed by atoms with Crippen LogP contribution in [0.5, 0.6) is 0 Å². The van der Waals surface area contributed by atoms with Gasteiger partial charge < -0.3 is 5.11 Å². The Morgan fingerprint density at radius 2 is 1.88 bits per heavy atom. The Labute approximate surface area is 208 Å². The number of carbonyl (C=O) groups is 3. The molecule has 2 saturated heterocycles. The maximum atomic E-state index is 13.0. The molecule has 0 aromatic heterocycles. The molecule has 2 aliphatic heterocycles. The number of aliphatic imine (C=N–C) groups is 1. The molecule has 0 bridgehead atoms. The van der Waals surface area contributed by atoms with Gasteiger partial charge in [0, 0.05) is 56.3 Å². The van der Waals surface area contributed by atoms with Gasteiger partial charge in [-0.05, 0) is 23.6 Å². The zero-order chi connectivity index (χ0) is 24.5. The van der Waals surface area contributed by atoms with Gasteiger partial charge in [0.05, 0.1) is 30.3 Å². The first-order chi connectivity index (χ1) is 16.1. The van der Waals surface area contributed by atoms with E-state index in [2.05, 4.69) is 30.7 Å². The van der Waals surface area contributed by atoms with E-state index >= 15 is 0 Å². The van der Waals surface area contributed by atoms with Crippen LogP contribution in [-0.2, 0) is 14.4 Å². The number of ketones is 1. The lowest BCUT2D eigenvalue weighted by molar-refractivity contribution is -0.123. The Bertz CT molecular complexity index is 1040. The van der Waals surface area contributed by atoms with E-state index in [-0.39, 0.29) is 35.2 Å². The van der Waals surface area contributed by atoms with Gasteiger partial charge in [-0.25, -0.2) is 4.90 Å².